The average Bonchev–Trinajstić information content (AvgIpc) is 2.94. The predicted molar refractivity (Wildman–Crippen MR) is 160 cm³/mol. The number of anilines is 1. The van der Waals surface area contributed by atoms with E-state index in [1.807, 2.05) is 52.0 Å². The minimum Gasteiger partial charge on any atom is -0.493 e. The van der Waals surface area contributed by atoms with Crippen LogP contribution in [0.3, 0.4) is 0 Å². The molecule has 3 rings (SSSR count). The van der Waals surface area contributed by atoms with Gasteiger partial charge in [-0.25, -0.2) is 8.42 Å². The average molecular weight is 582 g/mol. The third-order valence-electron chi connectivity index (χ3n) is 6.53. The van der Waals surface area contributed by atoms with Gasteiger partial charge < -0.3 is 19.7 Å². The molecule has 3 aromatic carbocycles. The van der Waals surface area contributed by atoms with Crippen LogP contribution in [0.5, 0.6) is 11.5 Å². The van der Waals surface area contributed by atoms with Crippen LogP contribution in [0.2, 0.25) is 0 Å². The molecule has 0 heterocycles. The summed E-state index contributed by atoms with van der Waals surface area (Å²) in [5.41, 5.74) is 1.59. The van der Waals surface area contributed by atoms with Gasteiger partial charge >= 0.3 is 0 Å². The maximum Gasteiger partial charge on any atom is 0.264 e. The van der Waals surface area contributed by atoms with Crippen molar-refractivity contribution in [2.75, 3.05) is 25.1 Å². The van der Waals surface area contributed by atoms with E-state index in [-0.39, 0.29) is 23.1 Å². The summed E-state index contributed by atoms with van der Waals surface area (Å²) < 4.78 is 39.7. The van der Waals surface area contributed by atoms with Crippen molar-refractivity contribution >= 4 is 27.5 Å². The van der Waals surface area contributed by atoms with Crippen molar-refractivity contribution in [1.82, 2.24) is 10.2 Å². The van der Waals surface area contributed by atoms with Gasteiger partial charge in [-0.3, -0.25) is 13.9 Å². The number of para-hydroxylation sites is 1. The first-order chi connectivity index (χ1) is 19.3. The summed E-state index contributed by atoms with van der Waals surface area (Å²) in [7, 11) is -1.37. The zero-order valence-corrected chi connectivity index (χ0v) is 25.5. The molecule has 10 heteroatoms. The van der Waals surface area contributed by atoms with Crippen LogP contribution in [0.25, 0.3) is 0 Å². The number of sulfonamides is 1. The van der Waals surface area contributed by atoms with Crippen molar-refractivity contribution in [3.05, 3.63) is 83.9 Å². The molecular weight excluding hydrogens is 542 g/mol. The molecule has 0 saturated heterocycles. The van der Waals surface area contributed by atoms with E-state index in [2.05, 4.69) is 5.32 Å². The summed E-state index contributed by atoms with van der Waals surface area (Å²) in [5.74, 6) is -0.260. The van der Waals surface area contributed by atoms with Gasteiger partial charge in [0, 0.05) is 18.2 Å². The Morgan fingerprint density at radius 1 is 0.902 bits per heavy atom. The summed E-state index contributed by atoms with van der Waals surface area (Å²) >= 11 is 0. The number of rotatable bonds is 11. The van der Waals surface area contributed by atoms with Crippen molar-refractivity contribution in [1.29, 1.82) is 0 Å². The molecule has 0 aromatic heterocycles. The van der Waals surface area contributed by atoms with E-state index in [0.717, 1.165) is 15.4 Å². The zero-order valence-electron chi connectivity index (χ0n) is 24.7. The highest BCUT2D eigenvalue weighted by molar-refractivity contribution is 7.92. The van der Waals surface area contributed by atoms with E-state index in [4.69, 9.17) is 9.47 Å². The third-order valence-corrected chi connectivity index (χ3v) is 8.30. The molecule has 2 amide bonds. The molecule has 0 bridgehead atoms. The lowest BCUT2D eigenvalue weighted by atomic mass is 10.1. The number of carbonyl (C=O) groups is 2. The molecule has 0 aliphatic carbocycles. The first kappa shape index (κ1) is 31.5. The maximum absolute atomic E-state index is 14.1. The van der Waals surface area contributed by atoms with Gasteiger partial charge in [-0.1, -0.05) is 42.5 Å². The van der Waals surface area contributed by atoms with Crippen LogP contribution in [0, 0.1) is 6.92 Å². The van der Waals surface area contributed by atoms with Gasteiger partial charge in [0.2, 0.25) is 11.8 Å². The van der Waals surface area contributed by atoms with Gasteiger partial charge in [0.25, 0.3) is 10.0 Å². The van der Waals surface area contributed by atoms with Crippen LogP contribution in [0.15, 0.2) is 77.7 Å². The molecular formula is C31H39N3O6S. The molecule has 220 valence electrons. The Bertz CT molecular complexity index is 1470. The second-order valence-corrected chi connectivity index (χ2v) is 12.6. The lowest BCUT2D eigenvalue weighted by Crippen LogP contribution is -2.54. The van der Waals surface area contributed by atoms with Crippen LogP contribution < -0.4 is 19.1 Å². The van der Waals surface area contributed by atoms with Crippen molar-refractivity contribution in [2.24, 2.45) is 0 Å². The maximum atomic E-state index is 14.1. The number of nitrogens with one attached hydrogen (secondary N) is 1. The first-order valence-electron chi connectivity index (χ1n) is 13.2. The normalized spacial score (nSPS) is 12.3. The number of amides is 2. The Hall–Kier alpha value is -4.05. The molecule has 1 atom stereocenters. The quantitative estimate of drug-likeness (QED) is 0.357. The minimum atomic E-state index is -4.25. The van der Waals surface area contributed by atoms with Crippen molar-refractivity contribution < 1.29 is 27.5 Å². The number of methoxy groups -OCH3 is 2. The van der Waals surface area contributed by atoms with Gasteiger partial charge in [0.15, 0.2) is 11.5 Å². The highest BCUT2D eigenvalue weighted by Gasteiger charge is 2.34. The SMILES string of the molecule is COc1ccc(S(=O)(=O)N(CC(=O)N(Cc2ccccc2C)C(C)C(=O)NC(C)(C)C)c2ccccc2)cc1OC. The highest BCUT2D eigenvalue weighted by Crippen LogP contribution is 2.32. The number of hydrogen-bond donors (Lipinski definition) is 1. The Labute approximate surface area is 243 Å². The Morgan fingerprint density at radius 3 is 2.10 bits per heavy atom. The van der Waals surface area contributed by atoms with E-state index in [1.165, 1.54) is 37.3 Å². The topological polar surface area (TPSA) is 105 Å². The van der Waals surface area contributed by atoms with Crippen molar-refractivity contribution in [3.8, 4) is 11.5 Å². The van der Waals surface area contributed by atoms with Gasteiger partial charge in [0.1, 0.15) is 12.6 Å². The smallest absolute Gasteiger partial charge is 0.264 e. The van der Waals surface area contributed by atoms with Crippen LogP contribution >= 0.6 is 0 Å². The number of hydrogen-bond acceptors (Lipinski definition) is 6. The lowest BCUT2D eigenvalue weighted by molar-refractivity contribution is -0.140. The summed E-state index contributed by atoms with van der Waals surface area (Å²) in [6.07, 6.45) is 0. The van der Waals surface area contributed by atoms with E-state index in [0.29, 0.717) is 11.4 Å². The van der Waals surface area contributed by atoms with E-state index in [1.54, 1.807) is 37.3 Å². The second-order valence-electron chi connectivity index (χ2n) is 10.7. The van der Waals surface area contributed by atoms with Gasteiger partial charge in [-0.2, -0.15) is 0 Å². The van der Waals surface area contributed by atoms with E-state index in [9.17, 15) is 18.0 Å². The Balaban J connectivity index is 2.06. The number of benzene rings is 3. The zero-order chi connectivity index (χ0) is 30.4. The fraction of sp³-hybridized carbons (Fsp3) is 0.355. The largest absolute Gasteiger partial charge is 0.493 e. The molecule has 9 nitrogen and oxygen atoms in total. The van der Waals surface area contributed by atoms with Gasteiger partial charge in [-0.05, 0) is 70.0 Å². The fourth-order valence-corrected chi connectivity index (χ4v) is 5.69. The Morgan fingerprint density at radius 2 is 1.51 bits per heavy atom. The second kappa shape index (κ2) is 13.1. The standard InChI is InChI=1S/C31H39N3O6S/c1-22-13-11-12-14-24(22)20-33(23(2)30(36)32-31(3,4)5)29(35)21-34(25-15-9-8-10-16-25)41(37,38)26-17-18-27(39-6)28(19-26)40-7/h8-19,23H,20-21H2,1-7H3,(H,32,36). The van der Waals surface area contributed by atoms with Crippen LogP contribution in [0.4, 0.5) is 5.69 Å². The molecule has 0 aliphatic heterocycles. The van der Waals surface area contributed by atoms with E-state index >= 15 is 0 Å². The van der Waals surface area contributed by atoms with Gasteiger partial charge in [0.05, 0.1) is 24.8 Å². The fourth-order valence-electron chi connectivity index (χ4n) is 4.25. The molecule has 0 saturated carbocycles. The number of carbonyl (C=O) groups excluding carboxylic acids is 2. The summed E-state index contributed by atoms with van der Waals surface area (Å²) in [6, 6.07) is 19.4. The molecule has 1 N–H and O–H groups in total. The van der Waals surface area contributed by atoms with Crippen molar-refractivity contribution in [2.45, 2.75) is 57.6 Å². The van der Waals surface area contributed by atoms with Crippen molar-refractivity contribution in [3.63, 3.8) is 0 Å². The molecule has 0 aliphatic rings. The van der Waals surface area contributed by atoms with Crippen LogP contribution in [-0.4, -0.2) is 57.5 Å². The summed E-state index contributed by atoms with van der Waals surface area (Å²) in [6.45, 7) is 8.75. The number of aryl methyl sites for hydroxylation is 1. The molecule has 41 heavy (non-hydrogen) atoms. The summed E-state index contributed by atoms with van der Waals surface area (Å²) in [4.78, 5) is 28.6. The third kappa shape index (κ3) is 7.79. The van der Waals surface area contributed by atoms with Gasteiger partial charge in [-0.15, -0.1) is 0 Å². The number of nitrogens with zero attached hydrogens (tertiary/aromatic N) is 2. The molecule has 0 radical (unpaired) electrons. The first-order valence-corrected chi connectivity index (χ1v) is 14.7. The summed E-state index contributed by atoms with van der Waals surface area (Å²) in [5, 5.41) is 2.93. The molecule has 0 fully saturated rings. The Kier molecular flexibility index (Phi) is 10.0. The van der Waals surface area contributed by atoms with E-state index < -0.39 is 34.1 Å². The number of ether oxygens (including phenoxy) is 2. The predicted octanol–water partition coefficient (Wildman–Crippen LogP) is 4.54. The lowest BCUT2D eigenvalue weighted by Gasteiger charge is -2.33. The monoisotopic (exact) mass is 581 g/mol. The molecule has 0 spiro atoms. The molecule has 3 aromatic rings. The van der Waals surface area contributed by atoms with Crippen LogP contribution in [-0.2, 0) is 26.2 Å². The minimum absolute atomic E-state index is 0.0734. The van der Waals surface area contributed by atoms with Crippen LogP contribution in [0.1, 0.15) is 38.8 Å². The highest BCUT2D eigenvalue weighted by atomic mass is 32.2. The molecule has 1 unspecified atom stereocenters.